The largest absolute Gasteiger partial charge is 0.366 e. The van der Waals surface area contributed by atoms with E-state index in [0.29, 0.717) is 11.3 Å². The first-order valence-corrected chi connectivity index (χ1v) is 9.08. The molecule has 7 heteroatoms. The van der Waals surface area contributed by atoms with E-state index in [2.05, 4.69) is 10.6 Å². The maximum absolute atomic E-state index is 12.5. The Bertz CT molecular complexity index is 878. The lowest BCUT2D eigenvalue weighted by Crippen LogP contribution is -3.14. The van der Waals surface area contributed by atoms with E-state index in [9.17, 15) is 14.4 Å². The molecule has 0 fully saturated rings. The average molecular weight is 383 g/mol. The van der Waals surface area contributed by atoms with Crippen LogP contribution in [0.1, 0.15) is 28.4 Å². The van der Waals surface area contributed by atoms with Crippen molar-refractivity contribution in [3.63, 3.8) is 0 Å². The Kier molecular flexibility index (Phi) is 6.89. The zero-order chi connectivity index (χ0) is 20.8. The lowest BCUT2D eigenvalue weighted by molar-refractivity contribution is -0.885. The third-order valence-corrected chi connectivity index (χ3v) is 4.89. The number of primary amides is 1. The van der Waals surface area contributed by atoms with Crippen LogP contribution in [0.5, 0.6) is 0 Å². The molecular weight excluding hydrogens is 356 g/mol. The van der Waals surface area contributed by atoms with E-state index in [1.807, 2.05) is 32.0 Å². The third-order valence-electron chi connectivity index (χ3n) is 4.89. The van der Waals surface area contributed by atoms with Gasteiger partial charge in [-0.1, -0.05) is 12.1 Å². The highest BCUT2D eigenvalue weighted by Crippen LogP contribution is 2.17. The van der Waals surface area contributed by atoms with Crippen molar-refractivity contribution in [2.24, 2.45) is 5.73 Å². The van der Waals surface area contributed by atoms with Crippen LogP contribution in [0, 0.1) is 13.8 Å². The normalized spacial score (nSPS) is 12.7. The van der Waals surface area contributed by atoms with Gasteiger partial charge in [0.05, 0.1) is 7.05 Å². The Balaban J connectivity index is 1.92. The van der Waals surface area contributed by atoms with E-state index < -0.39 is 11.9 Å². The Morgan fingerprint density at radius 1 is 1.04 bits per heavy atom. The highest BCUT2D eigenvalue weighted by molar-refractivity contribution is 5.96. The molecule has 0 spiro atoms. The molecule has 5 N–H and O–H groups in total. The number of anilines is 2. The molecular formula is C21H27N4O3+. The number of nitrogens with two attached hydrogens (primary N) is 1. The van der Waals surface area contributed by atoms with Crippen molar-refractivity contribution < 1.29 is 19.3 Å². The molecule has 2 aromatic carbocycles. The van der Waals surface area contributed by atoms with Gasteiger partial charge in [0.2, 0.25) is 5.91 Å². The summed E-state index contributed by atoms with van der Waals surface area (Å²) in [7, 11) is 1.79. The second-order valence-corrected chi connectivity index (χ2v) is 6.97. The smallest absolute Gasteiger partial charge is 0.282 e. The molecule has 0 aliphatic carbocycles. The maximum atomic E-state index is 12.5. The highest BCUT2D eigenvalue weighted by Gasteiger charge is 2.24. The topological polar surface area (TPSA) is 106 Å². The molecule has 0 aromatic heterocycles. The second kappa shape index (κ2) is 9.14. The van der Waals surface area contributed by atoms with E-state index in [4.69, 9.17) is 5.73 Å². The van der Waals surface area contributed by atoms with Gasteiger partial charge in [-0.15, -0.1) is 0 Å². The second-order valence-electron chi connectivity index (χ2n) is 6.97. The van der Waals surface area contributed by atoms with Crippen LogP contribution in [0.4, 0.5) is 11.4 Å². The molecule has 0 aliphatic heterocycles. The van der Waals surface area contributed by atoms with Gasteiger partial charge in [-0.25, -0.2) is 0 Å². The van der Waals surface area contributed by atoms with Crippen LogP contribution in [0.2, 0.25) is 0 Å². The monoisotopic (exact) mass is 383 g/mol. The van der Waals surface area contributed by atoms with E-state index in [-0.39, 0.29) is 18.4 Å². The lowest BCUT2D eigenvalue weighted by atomic mass is 10.1. The van der Waals surface area contributed by atoms with Crippen molar-refractivity contribution in [2.75, 3.05) is 24.2 Å². The molecule has 2 rings (SSSR count). The summed E-state index contributed by atoms with van der Waals surface area (Å²) in [6.45, 7) is 5.86. The highest BCUT2D eigenvalue weighted by atomic mass is 16.2. The molecule has 7 nitrogen and oxygen atoms in total. The molecule has 2 aromatic rings. The number of quaternary nitrogens is 1. The SMILES string of the molecule is Cc1cccc(NC(=O)C[NH+](C)[C@@H](C)C(=O)Nc2ccc(C(N)=O)cc2)c1C. The number of rotatable bonds is 7. The van der Waals surface area contributed by atoms with Gasteiger partial charge in [0, 0.05) is 16.9 Å². The standard InChI is InChI=1S/C21H26N4O3/c1-13-6-5-7-18(14(13)2)24-19(26)12-25(4)15(3)21(28)23-17-10-8-16(9-11-17)20(22)27/h5-11,15H,12H2,1-4H3,(H2,22,27)(H,23,28)(H,24,26)/p+1/t15-/m0/s1. The van der Waals surface area contributed by atoms with Gasteiger partial charge >= 0.3 is 0 Å². The van der Waals surface area contributed by atoms with Crippen LogP contribution in [0.3, 0.4) is 0 Å². The number of benzene rings is 2. The number of carbonyl (C=O) groups is 3. The summed E-state index contributed by atoms with van der Waals surface area (Å²) in [5, 5.41) is 5.69. The number of likely N-dealkylation sites (N-methyl/N-ethyl adjacent to an activating group) is 1. The fraction of sp³-hybridized carbons (Fsp3) is 0.286. The number of nitrogens with one attached hydrogen (secondary N) is 3. The summed E-state index contributed by atoms with van der Waals surface area (Å²) < 4.78 is 0. The number of amides is 3. The maximum Gasteiger partial charge on any atom is 0.282 e. The van der Waals surface area contributed by atoms with Gasteiger partial charge in [0.15, 0.2) is 12.6 Å². The minimum Gasteiger partial charge on any atom is -0.366 e. The fourth-order valence-electron chi connectivity index (χ4n) is 2.68. The molecule has 0 saturated heterocycles. The van der Waals surface area contributed by atoms with Gasteiger partial charge in [0.25, 0.3) is 11.8 Å². The predicted octanol–water partition coefficient (Wildman–Crippen LogP) is 0.883. The zero-order valence-electron chi connectivity index (χ0n) is 16.6. The van der Waals surface area contributed by atoms with E-state index in [0.717, 1.165) is 21.7 Å². The lowest BCUT2D eigenvalue weighted by Gasteiger charge is -2.21. The number of hydrogen-bond acceptors (Lipinski definition) is 3. The fourth-order valence-corrected chi connectivity index (χ4v) is 2.68. The van der Waals surface area contributed by atoms with Crippen molar-refractivity contribution in [1.82, 2.24) is 0 Å². The Morgan fingerprint density at radius 2 is 1.68 bits per heavy atom. The first kappa shape index (κ1) is 21.1. The van der Waals surface area contributed by atoms with E-state index in [1.54, 1.807) is 38.2 Å². The van der Waals surface area contributed by atoms with Gasteiger partial charge in [0.1, 0.15) is 0 Å². The Hall–Kier alpha value is -3.19. The number of hydrogen-bond donors (Lipinski definition) is 4. The van der Waals surface area contributed by atoms with Crippen molar-refractivity contribution in [2.45, 2.75) is 26.8 Å². The molecule has 0 bridgehead atoms. The first-order valence-electron chi connectivity index (χ1n) is 9.08. The Morgan fingerprint density at radius 3 is 2.29 bits per heavy atom. The number of aryl methyl sites for hydroxylation is 1. The summed E-state index contributed by atoms with van der Waals surface area (Å²) in [5.41, 5.74) is 9.05. The minimum atomic E-state index is -0.523. The summed E-state index contributed by atoms with van der Waals surface area (Å²) >= 11 is 0. The van der Waals surface area contributed by atoms with Crippen molar-refractivity contribution in [3.8, 4) is 0 Å². The molecule has 0 saturated carbocycles. The van der Waals surface area contributed by atoms with Gasteiger partial charge < -0.3 is 21.3 Å². The quantitative estimate of drug-likeness (QED) is 0.570. The average Bonchev–Trinajstić information content (AvgIpc) is 2.65. The third kappa shape index (κ3) is 5.40. The van der Waals surface area contributed by atoms with Crippen molar-refractivity contribution in [1.29, 1.82) is 0 Å². The van der Waals surface area contributed by atoms with Crippen LogP contribution in [0.15, 0.2) is 42.5 Å². The molecule has 2 atom stereocenters. The van der Waals surface area contributed by atoms with Crippen molar-refractivity contribution >= 4 is 29.1 Å². The summed E-state index contributed by atoms with van der Waals surface area (Å²) in [6, 6.07) is 11.6. The molecule has 0 aliphatic rings. The van der Waals surface area contributed by atoms with Crippen LogP contribution in [-0.4, -0.2) is 37.4 Å². The molecule has 3 amide bonds. The zero-order valence-corrected chi connectivity index (χ0v) is 16.6. The van der Waals surface area contributed by atoms with Gasteiger partial charge in [-0.3, -0.25) is 14.4 Å². The van der Waals surface area contributed by atoms with E-state index >= 15 is 0 Å². The summed E-state index contributed by atoms with van der Waals surface area (Å²) in [6.07, 6.45) is 0. The summed E-state index contributed by atoms with van der Waals surface area (Å²) in [4.78, 5) is 36.7. The van der Waals surface area contributed by atoms with Crippen molar-refractivity contribution in [3.05, 3.63) is 59.2 Å². The van der Waals surface area contributed by atoms with E-state index in [1.165, 1.54) is 0 Å². The van der Waals surface area contributed by atoms with Gasteiger partial charge in [-0.2, -0.15) is 0 Å². The van der Waals surface area contributed by atoms with Crippen LogP contribution < -0.4 is 21.3 Å². The predicted molar refractivity (Wildman–Crippen MR) is 109 cm³/mol. The molecule has 0 heterocycles. The molecule has 0 radical (unpaired) electrons. The number of carbonyl (C=O) groups excluding carboxylic acids is 3. The van der Waals surface area contributed by atoms with Crippen LogP contribution in [-0.2, 0) is 9.59 Å². The van der Waals surface area contributed by atoms with Crippen LogP contribution in [0.25, 0.3) is 0 Å². The molecule has 148 valence electrons. The molecule has 1 unspecified atom stereocenters. The van der Waals surface area contributed by atoms with Crippen LogP contribution >= 0.6 is 0 Å². The molecule has 28 heavy (non-hydrogen) atoms. The Labute approximate surface area is 164 Å². The van der Waals surface area contributed by atoms with Gasteiger partial charge in [-0.05, 0) is 62.2 Å². The minimum absolute atomic E-state index is 0.155. The first-order chi connectivity index (χ1) is 13.2. The summed E-state index contributed by atoms with van der Waals surface area (Å²) in [5.74, 6) is -0.897.